The maximum absolute atomic E-state index is 15.5. The first-order valence-corrected chi connectivity index (χ1v) is 14.4. The molecule has 5 rings (SSSR count). The number of nitrogens with one attached hydrogen (secondary N) is 2. The molecule has 1 aliphatic rings. The lowest BCUT2D eigenvalue weighted by molar-refractivity contribution is 0.0778. The molecule has 11 nitrogen and oxygen atoms in total. The SMILES string of the molecule is COC(=O)N(C)[C@@H]1[C@H](N)C[C@H](c2ccncc2Nc2ncc3ccc(-c4c(F)ccc(C(=O)NC(C)C)c4F)nn23)C[C@@H]1C. The van der Waals surface area contributed by atoms with Crippen LogP contribution in [0.15, 0.2) is 48.9 Å². The number of pyridine rings is 1. The van der Waals surface area contributed by atoms with Crippen LogP contribution in [-0.2, 0) is 4.74 Å². The Hall–Kier alpha value is -4.65. The number of hydrogen-bond donors (Lipinski definition) is 3. The van der Waals surface area contributed by atoms with Gasteiger partial charge in [0.2, 0.25) is 5.95 Å². The number of carbonyl (C=O) groups is 2. The quantitative estimate of drug-likeness (QED) is 0.271. The van der Waals surface area contributed by atoms with Crippen molar-refractivity contribution in [1.29, 1.82) is 0 Å². The number of imidazole rings is 1. The van der Waals surface area contributed by atoms with Gasteiger partial charge in [-0.1, -0.05) is 6.92 Å². The minimum Gasteiger partial charge on any atom is -0.453 e. The van der Waals surface area contributed by atoms with E-state index in [-0.39, 0.29) is 41.2 Å². The molecule has 0 aliphatic heterocycles. The van der Waals surface area contributed by atoms with Crippen molar-refractivity contribution in [2.24, 2.45) is 11.7 Å². The van der Waals surface area contributed by atoms with Crippen molar-refractivity contribution in [3.05, 3.63) is 71.7 Å². The molecule has 2 amide bonds. The Balaban J connectivity index is 1.45. The summed E-state index contributed by atoms with van der Waals surface area (Å²) in [5.41, 5.74) is 8.13. The number of nitrogens with zero attached hydrogens (tertiary/aromatic N) is 5. The number of ether oxygens (including phenoxy) is 1. The lowest BCUT2D eigenvalue weighted by atomic mass is 9.73. The van der Waals surface area contributed by atoms with Gasteiger partial charge in [0.05, 0.1) is 53.6 Å². The molecule has 0 spiro atoms. The monoisotopic (exact) mass is 606 g/mol. The van der Waals surface area contributed by atoms with Gasteiger partial charge in [-0.2, -0.15) is 9.61 Å². The predicted octanol–water partition coefficient (Wildman–Crippen LogP) is 4.86. The lowest BCUT2D eigenvalue weighted by Crippen LogP contribution is -2.55. The molecule has 0 unspecified atom stereocenters. The van der Waals surface area contributed by atoms with Gasteiger partial charge in [0.1, 0.15) is 11.6 Å². The van der Waals surface area contributed by atoms with Gasteiger partial charge in [-0.3, -0.25) is 9.78 Å². The zero-order chi connectivity index (χ0) is 31.7. The number of fused-ring (bicyclic) bond motifs is 1. The molecule has 1 fully saturated rings. The van der Waals surface area contributed by atoms with E-state index in [9.17, 15) is 14.0 Å². The summed E-state index contributed by atoms with van der Waals surface area (Å²) in [7, 11) is 3.05. The smallest absolute Gasteiger partial charge is 0.409 e. The van der Waals surface area contributed by atoms with Crippen LogP contribution in [0.5, 0.6) is 0 Å². The molecular formula is C31H36F2N8O3. The molecule has 0 radical (unpaired) electrons. The van der Waals surface area contributed by atoms with Crippen molar-refractivity contribution >= 4 is 29.2 Å². The fourth-order valence-corrected chi connectivity index (χ4v) is 6.15. The molecule has 3 aromatic heterocycles. The zero-order valence-electron chi connectivity index (χ0n) is 25.2. The van der Waals surface area contributed by atoms with Gasteiger partial charge in [-0.25, -0.2) is 18.6 Å². The number of hydrogen-bond acceptors (Lipinski definition) is 8. The first kappa shape index (κ1) is 30.8. The molecule has 3 heterocycles. The number of aromatic nitrogens is 4. The molecule has 1 aromatic carbocycles. The second-order valence-electron chi connectivity index (χ2n) is 11.5. The van der Waals surface area contributed by atoms with E-state index in [4.69, 9.17) is 10.5 Å². The molecule has 0 bridgehead atoms. The Morgan fingerprint density at radius 3 is 2.61 bits per heavy atom. The average Bonchev–Trinajstić information content (AvgIpc) is 3.38. The van der Waals surface area contributed by atoms with E-state index in [1.54, 1.807) is 50.5 Å². The summed E-state index contributed by atoms with van der Waals surface area (Å²) in [5.74, 6) is -2.04. The molecule has 13 heteroatoms. The predicted molar refractivity (Wildman–Crippen MR) is 162 cm³/mol. The molecule has 232 valence electrons. The summed E-state index contributed by atoms with van der Waals surface area (Å²) in [6.45, 7) is 5.57. The van der Waals surface area contributed by atoms with E-state index >= 15 is 4.39 Å². The minimum atomic E-state index is -1.00. The topological polar surface area (TPSA) is 140 Å². The second-order valence-corrected chi connectivity index (χ2v) is 11.5. The molecule has 1 saturated carbocycles. The molecule has 44 heavy (non-hydrogen) atoms. The largest absolute Gasteiger partial charge is 0.453 e. The molecule has 0 saturated heterocycles. The van der Waals surface area contributed by atoms with Crippen LogP contribution in [0.2, 0.25) is 0 Å². The Bertz CT molecular complexity index is 1680. The van der Waals surface area contributed by atoms with Crippen LogP contribution in [0.1, 0.15) is 55.5 Å². The van der Waals surface area contributed by atoms with Crippen molar-refractivity contribution in [2.45, 2.75) is 57.7 Å². The van der Waals surface area contributed by atoms with Gasteiger partial charge in [-0.15, -0.1) is 0 Å². The fraction of sp³-hybridized carbons (Fsp3) is 0.387. The van der Waals surface area contributed by atoms with Crippen molar-refractivity contribution in [3.63, 3.8) is 0 Å². The van der Waals surface area contributed by atoms with Crippen LogP contribution in [0.4, 0.5) is 25.2 Å². The number of likely N-dealkylation sites (N-methyl/N-ethyl adjacent to an activating group) is 1. The summed E-state index contributed by atoms with van der Waals surface area (Å²) < 4.78 is 36.9. The highest BCUT2D eigenvalue weighted by atomic mass is 19.1. The van der Waals surface area contributed by atoms with Crippen molar-refractivity contribution in [2.75, 3.05) is 19.5 Å². The molecule has 4 atom stereocenters. The fourth-order valence-electron chi connectivity index (χ4n) is 6.15. The molecule has 4 N–H and O–H groups in total. The van der Waals surface area contributed by atoms with Crippen molar-refractivity contribution < 1.29 is 23.1 Å². The third-order valence-corrected chi connectivity index (χ3v) is 8.08. The van der Waals surface area contributed by atoms with Crippen LogP contribution < -0.4 is 16.4 Å². The van der Waals surface area contributed by atoms with Gasteiger partial charge >= 0.3 is 6.09 Å². The first-order chi connectivity index (χ1) is 21.0. The Labute approximate surface area is 253 Å². The number of methoxy groups -OCH3 is 1. The van der Waals surface area contributed by atoms with Crippen LogP contribution >= 0.6 is 0 Å². The number of benzene rings is 1. The minimum absolute atomic E-state index is 0.00740. The zero-order valence-corrected chi connectivity index (χ0v) is 25.2. The van der Waals surface area contributed by atoms with Crippen LogP contribution in [0.25, 0.3) is 16.8 Å². The van der Waals surface area contributed by atoms with Crippen LogP contribution in [0, 0.1) is 17.6 Å². The molecular weight excluding hydrogens is 570 g/mol. The Morgan fingerprint density at radius 1 is 1.14 bits per heavy atom. The Kier molecular flexibility index (Phi) is 8.77. The number of rotatable bonds is 7. The van der Waals surface area contributed by atoms with Crippen molar-refractivity contribution in [3.8, 4) is 11.3 Å². The van der Waals surface area contributed by atoms with Gasteiger partial charge in [0, 0.05) is 25.3 Å². The van der Waals surface area contributed by atoms with E-state index in [0.717, 1.165) is 24.1 Å². The van der Waals surface area contributed by atoms with E-state index in [1.807, 2.05) is 6.07 Å². The highest BCUT2D eigenvalue weighted by Gasteiger charge is 2.39. The Morgan fingerprint density at radius 2 is 1.91 bits per heavy atom. The molecule has 4 aromatic rings. The number of nitrogens with two attached hydrogens (primary N) is 1. The standard InChI is InChI=1S/C31H36F2N8O3/c1-16(2)37-29(42)21-7-8-22(32)26(27(21)33)24-9-6-19-14-36-30(41(19)39-24)38-25-15-35-11-10-20(25)18-12-17(3)28(23(34)13-18)40(4)31(43)44-5/h6-11,14-18,23,28H,12-13,34H2,1-5H3,(H,36,38)(H,37,42)/t17-,18+,23+,28-/m0/s1. The number of carbonyl (C=O) groups excluding carboxylic acids is 2. The van der Waals surface area contributed by atoms with Gasteiger partial charge in [-0.05, 0) is 74.4 Å². The maximum Gasteiger partial charge on any atom is 0.409 e. The lowest BCUT2D eigenvalue weighted by Gasteiger charge is -2.43. The van der Waals surface area contributed by atoms with Gasteiger partial charge in [0.15, 0.2) is 0 Å². The third-order valence-electron chi connectivity index (χ3n) is 8.08. The third kappa shape index (κ3) is 5.91. The van der Waals surface area contributed by atoms with Crippen LogP contribution in [0.3, 0.4) is 0 Å². The molecule has 1 aliphatic carbocycles. The highest BCUT2D eigenvalue weighted by Crippen LogP contribution is 2.40. The first-order valence-electron chi connectivity index (χ1n) is 14.4. The van der Waals surface area contributed by atoms with Crippen LogP contribution in [-0.4, -0.2) is 68.8 Å². The van der Waals surface area contributed by atoms with E-state index in [1.165, 1.54) is 17.7 Å². The van der Waals surface area contributed by atoms with Gasteiger partial charge < -0.3 is 26.0 Å². The van der Waals surface area contributed by atoms with E-state index in [2.05, 4.69) is 32.6 Å². The summed E-state index contributed by atoms with van der Waals surface area (Å²) in [6.07, 6.45) is 5.93. The average molecular weight is 607 g/mol. The van der Waals surface area contributed by atoms with Crippen molar-refractivity contribution in [1.82, 2.24) is 29.8 Å². The highest BCUT2D eigenvalue weighted by molar-refractivity contribution is 5.96. The summed E-state index contributed by atoms with van der Waals surface area (Å²) >= 11 is 0. The second kappa shape index (κ2) is 12.5. The summed E-state index contributed by atoms with van der Waals surface area (Å²) in [4.78, 5) is 35.0. The number of amides is 2. The summed E-state index contributed by atoms with van der Waals surface area (Å²) in [5, 5.41) is 10.4. The number of anilines is 2. The normalized spacial score (nSPS) is 20.0. The van der Waals surface area contributed by atoms with E-state index in [0.29, 0.717) is 23.6 Å². The maximum atomic E-state index is 15.5. The van der Waals surface area contributed by atoms with Gasteiger partial charge in [0.25, 0.3) is 5.91 Å². The summed E-state index contributed by atoms with van der Waals surface area (Å²) in [6, 6.07) is 6.53. The van der Waals surface area contributed by atoms with E-state index < -0.39 is 29.2 Å². The number of halogens is 2.